The number of aromatic nitrogens is 2. The van der Waals surface area contributed by atoms with Crippen molar-refractivity contribution in [2.45, 2.75) is 55.8 Å². The SMILES string of the molecule is CC1CN(S(=O)(=O)c2ccc(-c3nc(C4(N)CCC4)no3)cc2)CC(C)O1. The maximum Gasteiger partial charge on any atom is 0.257 e. The molecular formula is C18H24N4O4S. The van der Waals surface area contributed by atoms with Crippen molar-refractivity contribution >= 4 is 10.0 Å². The van der Waals surface area contributed by atoms with E-state index in [0.717, 1.165) is 19.3 Å². The Morgan fingerprint density at radius 1 is 1.15 bits per heavy atom. The molecule has 1 aromatic heterocycles. The standard InChI is InChI=1S/C18H24N4O4S/c1-12-10-22(11-13(2)25-12)27(23,24)15-6-4-14(5-7-15)16-20-17(21-26-16)18(19)8-3-9-18/h4-7,12-13H,3,8-11,19H2,1-2H3. The summed E-state index contributed by atoms with van der Waals surface area (Å²) in [4.78, 5) is 4.63. The Kier molecular flexibility index (Phi) is 4.58. The molecular weight excluding hydrogens is 368 g/mol. The van der Waals surface area contributed by atoms with Gasteiger partial charge in [0.1, 0.15) is 0 Å². The summed E-state index contributed by atoms with van der Waals surface area (Å²) >= 11 is 0. The van der Waals surface area contributed by atoms with Crippen molar-refractivity contribution in [3.8, 4) is 11.5 Å². The second-order valence-corrected chi connectivity index (χ2v) is 9.47. The first kappa shape index (κ1) is 18.5. The van der Waals surface area contributed by atoms with Gasteiger partial charge in [-0.1, -0.05) is 5.16 Å². The highest BCUT2D eigenvalue weighted by molar-refractivity contribution is 7.89. The smallest absolute Gasteiger partial charge is 0.257 e. The summed E-state index contributed by atoms with van der Waals surface area (Å²) in [5.74, 6) is 0.857. The molecule has 2 heterocycles. The van der Waals surface area contributed by atoms with Crippen LogP contribution in [0.25, 0.3) is 11.5 Å². The fourth-order valence-corrected chi connectivity index (χ4v) is 5.16. The zero-order chi connectivity index (χ0) is 19.2. The van der Waals surface area contributed by atoms with Gasteiger partial charge in [-0.3, -0.25) is 0 Å². The number of benzene rings is 1. The lowest BCUT2D eigenvalue weighted by molar-refractivity contribution is -0.0440. The quantitative estimate of drug-likeness (QED) is 0.845. The van der Waals surface area contributed by atoms with Crippen molar-refractivity contribution in [1.29, 1.82) is 0 Å². The fourth-order valence-electron chi connectivity index (χ4n) is 3.57. The van der Waals surface area contributed by atoms with E-state index < -0.39 is 15.6 Å². The van der Waals surface area contributed by atoms with Crippen LogP contribution < -0.4 is 5.73 Å². The van der Waals surface area contributed by atoms with E-state index in [2.05, 4.69) is 10.1 Å². The maximum absolute atomic E-state index is 12.9. The van der Waals surface area contributed by atoms with Crippen molar-refractivity contribution < 1.29 is 17.7 Å². The van der Waals surface area contributed by atoms with Gasteiger partial charge in [-0.15, -0.1) is 0 Å². The number of hydrogen-bond donors (Lipinski definition) is 1. The van der Waals surface area contributed by atoms with Crippen LogP contribution in [0.15, 0.2) is 33.7 Å². The van der Waals surface area contributed by atoms with Crippen LogP contribution >= 0.6 is 0 Å². The molecule has 27 heavy (non-hydrogen) atoms. The van der Waals surface area contributed by atoms with Crippen LogP contribution in [-0.2, 0) is 20.3 Å². The van der Waals surface area contributed by atoms with Crippen LogP contribution in [0.3, 0.4) is 0 Å². The lowest BCUT2D eigenvalue weighted by Crippen LogP contribution is -2.48. The first-order chi connectivity index (χ1) is 12.8. The summed E-state index contributed by atoms with van der Waals surface area (Å²) in [7, 11) is -3.57. The second-order valence-electron chi connectivity index (χ2n) is 7.54. The number of sulfonamides is 1. The molecule has 1 saturated heterocycles. The Morgan fingerprint density at radius 2 is 1.78 bits per heavy atom. The second kappa shape index (κ2) is 6.66. The number of ether oxygens (including phenoxy) is 1. The van der Waals surface area contributed by atoms with Gasteiger partial charge < -0.3 is 15.0 Å². The summed E-state index contributed by atoms with van der Waals surface area (Å²) in [5.41, 5.74) is 6.40. The van der Waals surface area contributed by atoms with Gasteiger partial charge in [-0.2, -0.15) is 9.29 Å². The normalized spacial score (nSPS) is 25.9. The van der Waals surface area contributed by atoms with Crippen molar-refractivity contribution in [2.24, 2.45) is 5.73 Å². The molecule has 4 rings (SSSR count). The van der Waals surface area contributed by atoms with Gasteiger partial charge in [0, 0.05) is 18.7 Å². The monoisotopic (exact) mass is 392 g/mol. The van der Waals surface area contributed by atoms with E-state index in [0.29, 0.717) is 30.4 Å². The average Bonchev–Trinajstić information content (AvgIpc) is 3.09. The Labute approximate surface area is 158 Å². The van der Waals surface area contributed by atoms with Crippen LogP contribution in [0.2, 0.25) is 0 Å². The Morgan fingerprint density at radius 3 is 2.33 bits per heavy atom. The summed E-state index contributed by atoms with van der Waals surface area (Å²) in [5, 5.41) is 4.00. The third kappa shape index (κ3) is 3.40. The van der Waals surface area contributed by atoms with Crippen molar-refractivity contribution in [1.82, 2.24) is 14.4 Å². The number of morpholine rings is 1. The molecule has 2 unspecified atom stereocenters. The minimum Gasteiger partial charge on any atom is -0.373 e. The molecule has 0 bridgehead atoms. The van der Waals surface area contributed by atoms with Gasteiger partial charge in [-0.05, 0) is 57.4 Å². The Hall–Kier alpha value is -1.81. The van der Waals surface area contributed by atoms with Crippen molar-refractivity contribution in [3.05, 3.63) is 30.1 Å². The van der Waals surface area contributed by atoms with Gasteiger partial charge in [0.2, 0.25) is 10.0 Å². The summed E-state index contributed by atoms with van der Waals surface area (Å²) in [6, 6.07) is 6.50. The van der Waals surface area contributed by atoms with E-state index in [9.17, 15) is 8.42 Å². The number of hydrogen-bond acceptors (Lipinski definition) is 7. The third-order valence-electron chi connectivity index (χ3n) is 5.24. The molecule has 146 valence electrons. The number of nitrogens with two attached hydrogens (primary N) is 1. The third-order valence-corrected chi connectivity index (χ3v) is 7.09. The first-order valence-electron chi connectivity index (χ1n) is 9.17. The minimum absolute atomic E-state index is 0.130. The lowest BCUT2D eigenvalue weighted by Gasteiger charge is -2.34. The first-order valence-corrected chi connectivity index (χ1v) is 10.6. The largest absolute Gasteiger partial charge is 0.373 e. The molecule has 1 saturated carbocycles. The highest BCUT2D eigenvalue weighted by atomic mass is 32.2. The molecule has 0 radical (unpaired) electrons. The fraction of sp³-hybridized carbons (Fsp3) is 0.556. The number of nitrogens with zero attached hydrogens (tertiary/aromatic N) is 3. The predicted molar refractivity (Wildman–Crippen MR) is 98.2 cm³/mol. The minimum atomic E-state index is -3.57. The van der Waals surface area contributed by atoms with Crippen LogP contribution in [0.4, 0.5) is 0 Å². The molecule has 2 N–H and O–H groups in total. The average molecular weight is 392 g/mol. The molecule has 0 amide bonds. The van der Waals surface area contributed by atoms with Crippen LogP contribution in [0, 0.1) is 0 Å². The van der Waals surface area contributed by atoms with Gasteiger partial charge in [0.05, 0.1) is 22.6 Å². The van der Waals surface area contributed by atoms with Crippen molar-refractivity contribution in [3.63, 3.8) is 0 Å². The van der Waals surface area contributed by atoms with Crippen LogP contribution in [-0.4, -0.2) is 48.2 Å². The predicted octanol–water partition coefficient (Wildman–Crippen LogP) is 1.87. The molecule has 1 aromatic carbocycles. The molecule has 2 aromatic rings. The Bertz CT molecular complexity index is 911. The molecule has 2 aliphatic rings. The molecule has 2 fully saturated rings. The molecule has 8 nitrogen and oxygen atoms in total. The van der Waals surface area contributed by atoms with E-state index in [-0.39, 0.29) is 17.1 Å². The maximum atomic E-state index is 12.9. The van der Waals surface area contributed by atoms with Gasteiger partial charge in [0.15, 0.2) is 5.82 Å². The van der Waals surface area contributed by atoms with Crippen molar-refractivity contribution in [2.75, 3.05) is 13.1 Å². The van der Waals surface area contributed by atoms with E-state index in [1.54, 1.807) is 24.3 Å². The molecule has 9 heteroatoms. The van der Waals surface area contributed by atoms with Crippen LogP contribution in [0.5, 0.6) is 0 Å². The van der Waals surface area contributed by atoms with Crippen LogP contribution in [0.1, 0.15) is 38.9 Å². The zero-order valence-electron chi connectivity index (χ0n) is 15.5. The van der Waals surface area contributed by atoms with E-state index in [1.165, 1.54) is 4.31 Å². The van der Waals surface area contributed by atoms with E-state index in [4.69, 9.17) is 15.0 Å². The van der Waals surface area contributed by atoms with Gasteiger partial charge in [-0.25, -0.2) is 8.42 Å². The highest BCUT2D eigenvalue weighted by Crippen LogP contribution is 2.37. The topological polar surface area (TPSA) is 112 Å². The zero-order valence-corrected chi connectivity index (χ0v) is 16.3. The van der Waals surface area contributed by atoms with E-state index in [1.807, 2.05) is 13.8 Å². The molecule has 2 atom stereocenters. The molecule has 0 spiro atoms. The lowest BCUT2D eigenvalue weighted by atomic mass is 9.77. The summed E-state index contributed by atoms with van der Waals surface area (Å²) in [6.45, 7) is 4.45. The summed E-state index contributed by atoms with van der Waals surface area (Å²) in [6.07, 6.45) is 2.49. The molecule has 1 aliphatic carbocycles. The summed E-state index contributed by atoms with van der Waals surface area (Å²) < 4.78 is 38.2. The number of rotatable bonds is 4. The highest BCUT2D eigenvalue weighted by Gasteiger charge is 2.39. The van der Waals surface area contributed by atoms with Gasteiger partial charge >= 0.3 is 0 Å². The van der Waals surface area contributed by atoms with E-state index >= 15 is 0 Å². The Balaban J connectivity index is 1.55. The molecule has 1 aliphatic heterocycles. The van der Waals surface area contributed by atoms with Gasteiger partial charge in [0.25, 0.3) is 5.89 Å².